The predicted octanol–water partition coefficient (Wildman–Crippen LogP) is 6.32. The smallest absolute Gasteiger partial charge is 0.460 e. The van der Waals surface area contributed by atoms with Gasteiger partial charge in [0.1, 0.15) is 0 Å². The van der Waals surface area contributed by atoms with Crippen LogP contribution in [0.15, 0.2) is 11.9 Å². The van der Waals surface area contributed by atoms with Crippen LogP contribution in [0.1, 0.15) is 6.42 Å². The van der Waals surface area contributed by atoms with Crippen molar-refractivity contribution in [3.05, 3.63) is 11.9 Å². The molecule has 0 saturated heterocycles. The minimum absolute atomic E-state index is 1.57. The molecule has 0 amide bonds. The topological polar surface area (TPSA) is 37.3 Å². The Balaban J connectivity index is 6.48. The van der Waals surface area contributed by atoms with Gasteiger partial charge in [0.05, 0.1) is 12.5 Å². The van der Waals surface area contributed by atoms with E-state index >= 15 is 0 Å². The highest BCUT2D eigenvalue weighted by Gasteiger charge is 2.87. The number of aliphatic carboxylic acids is 1. The third kappa shape index (κ3) is 4.40. The number of alkyl halides is 17. The van der Waals surface area contributed by atoms with Crippen LogP contribution < -0.4 is 0 Å². The zero-order valence-corrected chi connectivity index (χ0v) is 13.9. The Morgan fingerprint density at radius 1 is 0.594 bits per heavy atom. The van der Waals surface area contributed by atoms with Crippen LogP contribution in [-0.4, -0.2) is 58.7 Å². The Kier molecular flexibility index (Phi) is 7.27. The molecular weight excluding hydrogens is 518 g/mol. The predicted molar refractivity (Wildman–Crippen MR) is 62.1 cm³/mol. The van der Waals surface area contributed by atoms with Gasteiger partial charge in [-0.1, -0.05) is 0 Å². The van der Waals surface area contributed by atoms with Crippen LogP contribution >= 0.6 is 0 Å². The van der Waals surface area contributed by atoms with Crippen LogP contribution in [0.3, 0.4) is 0 Å². The number of hydrogen-bond acceptors (Lipinski definition) is 1. The molecule has 0 saturated carbocycles. The molecule has 0 aliphatic carbocycles. The number of rotatable bonds is 9. The van der Waals surface area contributed by atoms with E-state index in [0.29, 0.717) is 0 Å². The van der Waals surface area contributed by atoms with E-state index in [1.165, 1.54) is 0 Å². The fourth-order valence-electron chi connectivity index (χ4n) is 1.68. The van der Waals surface area contributed by atoms with Crippen LogP contribution in [-0.2, 0) is 4.79 Å². The largest absolute Gasteiger partial charge is 0.478 e. The van der Waals surface area contributed by atoms with Crippen molar-refractivity contribution < 1.29 is 88.9 Å². The van der Waals surface area contributed by atoms with Gasteiger partial charge in [-0.2, -0.15) is 74.6 Å². The number of allylic oxidation sites excluding steroid dienone is 1. The molecule has 0 aromatic rings. The fraction of sp³-hybridized carbons (Fsp3) is 0.750. The molecule has 0 bridgehead atoms. The quantitative estimate of drug-likeness (QED) is 0.284. The van der Waals surface area contributed by atoms with Gasteiger partial charge in [-0.05, 0) is 0 Å². The highest BCUT2D eigenvalue weighted by atomic mass is 19.4. The van der Waals surface area contributed by atoms with E-state index in [1.54, 1.807) is 0 Å². The molecule has 0 heterocycles. The summed E-state index contributed by atoms with van der Waals surface area (Å²) < 4.78 is 232. The summed E-state index contributed by atoms with van der Waals surface area (Å²) in [6.07, 6.45) is -14.2. The van der Waals surface area contributed by atoms with E-state index in [2.05, 4.69) is 0 Å². The Morgan fingerprint density at radius 3 is 1.19 bits per heavy atom. The van der Waals surface area contributed by atoms with Crippen molar-refractivity contribution in [2.24, 2.45) is 0 Å². The third-order valence-electron chi connectivity index (χ3n) is 3.45. The standard InChI is InChI=1S/C12H4F18O2/c13-3(1-4(31)32)7(18,19)10(24,25)8(20,21)5(14,15)2-6(16,17)9(22,23)11(26,27)12(28,29)30/h1H,2H2,(H,31,32)/b3-1-. The first-order valence-electron chi connectivity index (χ1n) is 6.86. The van der Waals surface area contributed by atoms with Crippen molar-refractivity contribution >= 4 is 5.97 Å². The van der Waals surface area contributed by atoms with Crippen molar-refractivity contribution in [2.45, 2.75) is 54.1 Å². The monoisotopic (exact) mass is 522 g/mol. The molecule has 0 aliphatic heterocycles. The summed E-state index contributed by atoms with van der Waals surface area (Å²) in [7, 11) is 0. The minimum atomic E-state index is -8.06. The summed E-state index contributed by atoms with van der Waals surface area (Å²) in [5.41, 5.74) is 0. The van der Waals surface area contributed by atoms with E-state index in [1.807, 2.05) is 0 Å². The molecule has 0 fully saturated rings. The Labute approximate surface area is 162 Å². The summed E-state index contributed by atoms with van der Waals surface area (Å²) >= 11 is 0. The van der Waals surface area contributed by atoms with Gasteiger partial charge < -0.3 is 5.11 Å². The van der Waals surface area contributed by atoms with E-state index in [-0.39, 0.29) is 0 Å². The van der Waals surface area contributed by atoms with E-state index in [4.69, 9.17) is 5.11 Å². The van der Waals surface area contributed by atoms with E-state index < -0.39 is 71.9 Å². The molecule has 2 nitrogen and oxygen atoms in total. The van der Waals surface area contributed by atoms with Crippen molar-refractivity contribution in [1.82, 2.24) is 0 Å². The maximum Gasteiger partial charge on any atom is 0.460 e. The number of carbonyl (C=O) groups is 1. The molecule has 190 valence electrons. The second kappa shape index (κ2) is 7.77. The molecule has 0 rings (SSSR count). The number of halogens is 18. The number of carboxylic acids is 1. The molecule has 0 atom stereocenters. The van der Waals surface area contributed by atoms with Gasteiger partial charge in [-0.15, -0.1) is 0 Å². The summed E-state index contributed by atoms with van der Waals surface area (Å²) in [6.45, 7) is 0. The Hall–Kier alpha value is -2.05. The number of carboxylic acid groups (broad SMARTS) is 1. The summed E-state index contributed by atoms with van der Waals surface area (Å²) in [6, 6.07) is 0. The van der Waals surface area contributed by atoms with Crippen molar-refractivity contribution in [2.75, 3.05) is 0 Å². The Bertz CT molecular complexity index is 746. The molecule has 0 unspecified atom stereocenters. The summed E-state index contributed by atoms with van der Waals surface area (Å²) in [4.78, 5) is 9.93. The first-order valence-corrected chi connectivity index (χ1v) is 6.86. The maximum atomic E-state index is 13.3. The highest BCUT2D eigenvalue weighted by Crippen LogP contribution is 2.60. The van der Waals surface area contributed by atoms with Crippen LogP contribution in [0.4, 0.5) is 79.0 Å². The maximum absolute atomic E-state index is 13.3. The minimum Gasteiger partial charge on any atom is -0.478 e. The summed E-state index contributed by atoms with van der Waals surface area (Å²) in [5, 5.41) is 7.88. The van der Waals surface area contributed by atoms with Crippen molar-refractivity contribution in [3.63, 3.8) is 0 Å². The molecule has 0 aromatic carbocycles. The normalized spacial score (nSPS) is 16.4. The average Bonchev–Trinajstić information content (AvgIpc) is 2.50. The van der Waals surface area contributed by atoms with Crippen molar-refractivity contribution in [1.29, 1.82) is 0 Å². The second-order valence-corrected chi connectivity index (χ2v) is 5.79. The zero-order valence-electron chi connectivity index (χ0n) is 13.9. The first kappa shape index (κ1) is 29.9. The lowest BCUT2D eigenvalue weighted by Crippen LogP contribution is -2.66. The average molecular weight is 522 g/mol. The van der Waals surface area contributed by atoms with Gasteiger partial charge >= 0.3 is 53.6 Å². The van der Waals surface area contributed by atoms with Gasteiger partial charge in [0.15, 0.2) is 5.83 Å². The van der Waals surface area contributed by atoms with Gasteiger partial charge in [0.2, 0.25) is 0 Å². The SMILES string of the molecule is O=C(O)/C=C(\F)C(F)(F)C(F)(F)C(F)(F)C(F)(F)CC(F)(F)C(F)(F)C(F)(F)C(F)(F)F. The number of hydrogen-bond donors (Lipinski definition) is 1. The van der Waals surface area contributed by atoms with Crippen LogP contribution in [0.5, 0.6) is 0 Å². The van der Waals surface area contributed by atoms with Crippen molar-refractivity contribution in [3.8, 4) is 0 Å². The molecule has 20 heteroatoms. The first-order chi connectivity index (χ1) is 13.5. The zero-order chi connectivity index (χ0) is 26.6. The van der Waals surface area contributed by atoms with Gasteiger partial charge in [0.25, 0.3) is 0 Å². The van der Waals surface area contributed by atoms with Gasteiger partial charge in [-0.25, -0.2) is 9.18 Å². The molecule has 0 aliphatic rings. The van der Waals surface area contributed by atoms with Crippen LogP contribution in [0, 0.1) is 0 Å². The molecule has 0 radical (unpaired) electrons. The second-order valence-electron chi connectivity index (χ2n) is 5.79. The van der Waals surface area contributed by atoms with E-state index in [0.717, 1.165) is 0 Å². The lowest BCUT2D eigenvalue weighted by molar-refractivity contribution is -0.413. The van der Waals surface area contributed by atoms with Crippen LogP contribution in [0.2, 0.25) is 0 Å². The lowest BCUT2D eigenvalue weighted by Gasteiger charge is -2.39. The molecule has 1 N–H and O–H groups in total. The highest BCUT2D eigenvalue weighted by molar-refractivity contribution is 5.80. The van der Waals surface area contributed by atoms with Crippen LogP contribution in [0.25, 0.3) is 0 Å². The fourth-order valence-corrected chi connectivity index (χ4v) is 1.68. The molecule has 0 aromatic heterocycles. The lowest BCUT2D eigenvalue weighted by atomic mass is 9.90. The molecule has 0 spiro atoms. The summed E-state index contributed by atoms with van der Waals surface area (Å²) in [5.74, 6) is -61.4. The van der Waals surface area contributed by atoms with Gasteiger partial charge in [-0.3, -0.25) is 0 Å². The van der Waals surface area contributed by atoms with E-state index in [9.17, 15) is 83.8 Å². The Morgan fingerprint density at radius 2 is 0.906 bits per heavy atom. The molecule has 32 heavy (non-hydrogen) atoms. The third-order valence-corrected chi connectivity index (χ3v) is 3.45. The van der Waals surface area contributed by atoms with Gasteiger partial charge in [0, 0.05) is 0 Å². The molecular formula is C12H4F18O2.